The van der Waals surface area contributed by atoms with Crippen LogP contribution >= 0.6 is 0 Å². The summed E-state index contributed by atoms with van der Waals surface area (Å²) in [7, 11) is 0. The molecule has 0 rings (SSSR count). The Morgan fingerprint density at radius 2 is 0.923 bits per heavy atom. The number of hydrogen-bond donors (Lipinski definition) is 1. The molecule has 0 heterocycles. The normalized spacial score (nSPS) is 11.2. The molecule has 0 bridgehead atoms. The quantitative estimate of drug-likeness (QED) is 0.0369. The summed E-state index contributed by atoms with van der Waals surface area (Å²) in [5.41, 5.74) is 0. The molecule has 0 aliphatic rings. The van der Waals surface area contributed by atoms with Gasteiger partial charge in [0.05, 0.1) is 19.8 Å². The van der Waals surface area contributed by atoms with Gasteiger partial charge in [0.15, 0.2) is 0 Å². The molecule has 0 saturated carbocycles. The number of carbonyl (C=O) groups is 2. The van der Waals surface area contributed by atoms with Gasteiger partial charge in [-0.2, -0.15) is 6.42 Å². The standard InChI is InChI=1S/C43H84NO7.Os/c1-4-7-10-13-16-21-28-38-48-42(46)49-39-29-22-19-26-34-44(36-31-37-45)35-27-20-23-30-40-50-43(47)51-41(32-24-17-14-11-8-5-2)33-25-18-15-12-9-6-3;/h26,41,45H,4-25,27-40H2,1-3H3;/q-1;+1. The average molecular weight is 917 g/mol. The molecule has 0 amide bonds. The Hall–Kier alpha value is -0.904. The Labute approximate surface area is 335 Å². The first kappa shape index (κ1) is 53.2. The Morgan fingerprint density at radius 3 is 1.42 bits per heavy atom. The number of hydrogen-bond acceptors (Lipinski definition) is 8. The zero-order chi connectivity index (χ0) is 37.3. The van der Waals surface area contributed by atoms with Crippen molar-refractivity contribution in [3.8, 4) is 0 Å². The van der Waals surface area contributed by atoms with Crippen LogP contribution in [0.1, 0.15) is 207 Å². The molecule has 0 atom stereocenters. The molecule has 9 heteroatoms. The van der Waals surface area contributed by atoms with Gasteiger partial charge >= 0.3 is 32.1 Å². The maximum Gasteiger partial charge on any atom is 1.00 e. The molecule has 1 radical (unpaired) electrons. The summed E-state index contributed by atoms with van der Waals surface area (Å²) in [5.74, 6) is 0. The summed E-state index contributed by atoms with van der Waals surface area (Å²) in [6.07, 6.45) is 34.1. The van der Waals surface area contributed by atoms with Gasteiger partial charge in [-0.1, -0.05) is 143 Å². The van der Waals surface area contributed by atoms with Crippen molar-refractivity contribution in [2.45, 2.75) is 213 Å². The van der Waals surface area contributed by atoms with Crippen LogP contribution in [-0.4, -0.2) is 74.5 Å². The Balaban J connectivity index is 0. The first-order valence-corrected chi connectivity index (χ1v) is 21.8. The molecule has 8 nitrogen and oxygen atoms in total. The van der Waals surface area contributed by atoms with Crippen LogP contribution in [0.25, 0.3) is 0 Å². The molecule has 0 aliphatic carbocycles. The van der Waals surface area contributed by atoms with Crippen molar-refractivity contribution >= 4 is 12.3 Å². The van der Waals surface area contributed by atoms with Crippen LogP contribution in [0.2, 0.25) is 0 Å². The largest absolute Gasteiger partial charge is 1.00 e. The fourth-order valence-corrected chi connectivity index (χ4v) is 6.35. The van der Waals surface area contributed by atoms with E-state index in [4.69, 9.17) is 18.9 Å². The van der Waals surface area contributed by atoms with Crippen molar-refractivity contribution in [2.24, 2.45) is 0 Å². The van der Waals surface area contributed by atoms with E-state index in [0.717, 1.165) is 110 Å². The molecule has 0 fully saturated rings. The van der Waals surface area contributed by atoms with E-state index >= 15 is 0 Å². The molecule has 0 aromatic heterocycles. The van der Waals surface area contributed by atoms with Crippen LogP contribution in [0.4, 0.5) is 9.59 Å². The maximum absolute atomic E-state index is 12.5. The van der Waals surface area contributed by atoms with Crippen molar-refractivity contribution in [1.82, 2.24) is 4.90 Å². The fraction of sp³-hybridized carbons (Fsp3) is 0.930. The molecule has 0 aliphatic heterocycles. The maximum atomic E-state index is 12.5. The van der Waals surface area contributed by atoms with Gasteiger partial charge in [0.1, 0.15) is 6.10 Å². The average Bonchev–Trinajstić information content (AvgIpc) is 3.13. The van der Waals surface area contributed by atoms with Gasteiger partial charge in [0, 0.05) is 6.61 Å². The molecular formula is C43H84NO7Os. The SMILES string of the molecule is CCCCCCCCCOC(=O)OCCCC[CH-]CN(CCCO)CCCCCCOC(=O)OC(CCCCCCCC)CCCCCCCC.[Os+]. The molecule has 0 aromatic carbocycles. The van der Waals surface area contributed by atoms with Gasteiger partial charge in [0.25, 0.3) is 0 Å². The minimum absolute atomic E-state index is 0. The molecule has 0 aromatic rings. The van der Waals surface area contributed by atoms with E-state index < -0.39 is 12.3 Å². The number of nitrogens with zero attached hydrogens (tertiary/aromatic N) is 1. The molecule has 0 spiro atoms. The van der Waals surface area contributed by atoms with Crippen molar-refractivity contribution in [3.63, 3.8) is 0 Å². The van der Waals surface area contributed by atoms with E-state index in [1.165, 1.54) is 96.3 Å². The summed E-state index contributed by atoms with van der Waals surface area (Å²) >= 11 is 0. The Kier molecular flexibility index (Phi) is 45.5. The van der Waals surface area contributed by atoms with Gasteiger partial charge in [-0.05, 0) is 70.9 Å². The second-order valence-electron chi connectivity index (χ2n) is 14.6. The monoisotopic (exact) mass is 919 g/mol. The van der Waals surface area contributed by atoms with Crippen LogP contribution in [-0.2, 0) is 38.7 Å². The van der Waals surface area contributed by atoms with E-state index in [-0.39, 0.29) is 32.5 Å². The van der Waals surface area contributed by atoms with Gasteiger partial charge in [0.2, 0.25) is 0 Å². The summed E-state index contributed by atoms with van der Waals surface area (Å²) < 4.78 is 21.7. The Bertz CT molecular complexity index is 714. The van der Waals surface area contributed by atoms with Crippen LogP contribution in [0.5, 0.6) is 0 Å². The summed E-state index contributed by atoms with van der Waals surface area (Å²) in [4.78, 5) is 26.6. The summed E-state index contributed by atoms with van der Waals surface area (Å²) in [6, 6.07) is 0. The first-order chi connectivity index (χ1) is 25.1. The number of rotatable bonds is 40. The third-order valence-electron chi connectivity index (χ3n) is 9.62. The van der Waals surface area contributed by atoms with Gasteiger partial charge in [-0.25, -0.2) is 9.59 Å². The number of carbonyl (C=O) groups excluding carboxylic acids is 2. The number of ether oxygens (including phenoxy) is 4. The van der Waals surface area contributed by atoms with E-state index in [1.54, 1.807) is 0 Å². The summed E-state index contributed by atoms with van der Waals surface area (Å²) in [6.45, 7) is 11.0. The molecule has 0 saturated heterocycles. The third-order valence-corrected chi connectivity index (χ3v) is 9.62. The second kappa shape index (κ2) is 44.5. The molecule has 311 valence electrons. The number of aliphatic hydroxyl groups is 1. The molecule has 0 unspecified atom stereocenters. The second-order valence-corrected chi connectivity index (χ2v) is 14.6. The van der Waals surface area contributed by atoms with Crippen molar-refractivity contribution < 1.29 is 53.4 Å². The van der Waals surface area contributed by atoms with Crippen LogP contribution in [0, 0.1) is 6.42 Å². The van der Waals surface area contributed by atoms with Crippen LogP contribution < -0.4 is 0 Å². The van der Waals surface area contributed by atoms with Crippen molar-refractivity contribution in [2.75, 3.05) is 46.1 Å². The predicted molar refractivity (Wildman–Crippen MR) is 212 cm³/mol. The van der Waals surface area contributed by atoms with E-state index in [1.807, 2.05) is 0 Å². The fourth-order valence-electron chi connectivity index (χ4n) is 6.35. The topological polar surface area (TPSA) is 94.5 Å². The van der Waals surface area contributed by atoms with Gasteiger partial charge in [-0.15, -0.1) is 6.54 Å². The minimum atomic E-state index is -0.544. The zero-order valence-electron chi connectivity index (χ0n) is 34.3. The van der Waals surface area contributed by atoms with Crippen LogP contribution in [0.3, 0.4) is 0 Å². The predicted octanol–water partition coefficient (Wildman–Crippen LogP) is 12.5. The van der Waals surface area contributed by atoms with Crippen LogP contribution in [0.15, 0.2) is 0 Å². The smallest absolute Gasteiger partial charge is 0.434 e. The van der Waals surface area contributed by atoms with E-state index in [0.29, 0.717) is 19.8 Å². The minimum Gasteiger partial charge on any atom is -0.434 e. The van der Waals surface area contributed by atoms with Crippen molar-refractivity contribution in [1.29, 1.82) is 0 Å². The van der Waals surface area contributed by atoms with Gasteiger partial charge < -0.3 is 35.4 Å². The molecule has 1 N–H and O–H groups in total. The van der Waals surface area contributed by atoms with E-state index in [2.05, 4.69) is 32.1 Å². The van der Waals surface area contributed by atoms with E-state index in [9.17, 15) is 14.7 Å². The molecular weight excluding hydrogens is 833 g/mol. The zero-order valence-corrected chi connectivity index (χ0v) is 36.8. The van der Waals surface area contributed by atoms with Gasteiger partial charge in [-0.3, -0.25) is 0 Å². The molecule has 52 heavy (non-hydrogen) atoms. The third kappa shape index (κ3) is 40.3. The first-order valence-electron chi connectivity index (χ1n) is 21.8. The summed E-state index contributed by atoms with van der Waals surface area (Å²) in [5, 5.41) is 9.34. The number of unbranched alkanes of at least 4 members (excludes halogenated alkanes) is 22. The Morgan fingerprint density at radius 1 is 0.519 bits per heavy atom. The number of aliphatic hydroxyl groups excluding tert-OH is 1. The van der Waals surface area contributed by atoms with Crippen molar-refractivity contribution in [3.05, 3.63) is 6.42 Å².